The van der Waals surface area contributed by atoms with Gasteiger partial charge in [-0.15, -0.1) is 0 Å². The third kappa shape index (κ3) is 18.6. The summed E-state index contributed by atoms with van der Waals surface area (Å²) in [5.74, 6) is -1.45. The number of aliphatic hydroxyl groups excluding tert-OH is 3. The van der Waals surface area contributed by atoms with E-state index < -0.39 is 132 Å². The second kappa shape index (κ2) is 26.4. The van der Waals surface area contributed by atoms with Gasteiger partial charge >= 0.3 is 24.4 Å². The molecule has 5 rings (SSSR count). The Balaban J connectivity index is 1.46. The smallest absolute Gasteiger partial charge is 0.410 e. The van der Waals surface area contributed by atoms with Gasteiger partial charge in [-0.2, -0.15) is 0 Å². The second-order valence-corrected chi connectivity index (χ2v) is 24.6. The van der Waals surface area contributed by atoms with E-state index in [1.807, 2.05) is 0 Å². The number of amides is 7. The number of carbonyl (C=O) groups excluding carboxylic acids is 7. The molecule has 0 aromatic heterocycles. The quantitative estimate of drug-likeness (QED) is 0.0580. The van der Waals surface area contributed by atoms with E-state index in [0.717, 1.165) is 4.90 Å². The molecule has 1 saturated carbocycles. The molecule has 12 atom stereocenters. The molecule has 1 aromatic carbocycles. The SMILES string of the molecule is CN(C(=O)OC(C)(C)C)[C@@H]1[C@@H](O)[C@@H](O[C@@H]2[C@@H](O)[C@H](O[C@H]3OC(CNCCCN4C(=O)c5ccccc5C4=O)=CC[C@H]3NC(=O)OC(C)(C)C)[C@@H](NC(=O)OC(C)(C)C)C[C@H]2NC(=O)[C@@H](O)CCNC(=O)OC(C)(C)C)OC[C@]1(C)O. The Morgan fingerprint density at radius 1 is 0.738 bits per heavy atom. The van der Waals surface area contributed by atoms with Gasteiger partial charge < -0.3 is 89.8 Å². The van der Waals surface area contributed by atoms with E-state index in [4.69, 9.17) is 37.9 Å². The van der Waals surface area contributed by atoms with Crippen LogP contribution in [0, 0.1) is 0 Å². The average Bonchev–Trinajstić information content (AvgIpc) is 3.55. The number of aliphatic hydroxyl groups is 4. The number of alkyl carbamates (subject to hydrolysis) is 3. The minimum Gasteiger partial charge on any atom is -0.466 e. The summed E-state index contributed by atoms with van der Waals surface area (Å²) in [7, 11) is 1.30. The average molecular weight is 1140 g/mol. The molecule has 3 heterocycles. The van der Waals surface area contributed by atoms with Gasteiger partial charge in [0.1, 0.15) is 64.3 Å². The van der Waals surface area contributed by atoms with Gasteiger partial charge in [0.05, 0.1) is 48.4 Å². The van der Waals surface area contributed by atoms with Crippen LogP contribution in [0.15, 0.2) is 36.1 Å². The van der Waals surface area contributed by atoms with Crippen LogP contribution in [-0.2, 0) is 42.7 Å². The molecular formula is C54H85N7O19. The van der Waals surface area contributed by atoms with E-state index in [2.05, 4.69) is 26.6 Å². The normalized spacial score (nSPS) is 27.6. The first-order chi connectivity index (χ1) is 36.9. The number of carbonyl (C=O) groups is 7. The lowest BCUT2D eigenvalue weighted by molar-refractivity contribution is -0.311. The molecule has 0 unspecified atom stereocenters. The highest BCUT2D eigenvalue weighted by atomic mass is 16.7. The third-order valence-corrected chi connectivity index (χ3v) is 12.7. The van der Waals surface area contributed by atoms with Crippen molar-refractivity contribution in [2.24, 2.45) is 0 Å². The van der Waals surface area contributed by atoms with Crippen molar-refractivity contribution in [2.75, 3.05) is 39.8 Å². The van der Waals surface area contributed by atoms with Crippen molar-refractivity contribution in [3.63, 3.8) is 0 Å². The molecule has 0 bridgehead atoms. The standard InChI is InChI=1S/C54H85N7O19/c1-50(2,3)77-46(68)56-24-22-35(62)41(65)57-33-26-34(59-48(70)79-52(7,8)9)39(36(63)38(33)76-45-37(64)40(54(13,72)28-73-45)60(14)49(71)80-53(10,11)12)75-44-32(58-47(69)78-51(4,5)6)21-20-29(74-44)27-55-23-17-25-61-42(66)30-18-15-16-19-31(30)43(61)67/h15-16,18-20,32-40,44-45,55,62-64,72H,17,21-28H2,1-14H3,(H,56,68)(H,57,65)(H,58,69)(H,59,70)/t32-,33-,34+,35+,36-,37-,38+,39-,40-,44-,45-,54+/m1/s1. The molecule has 26 heteroatoms. The van der Waals surface area contributed by atoms with Crippen molar-refractivity contribution < 1.29 is 91.9 Å². The molecule has 7 amide bonds. The largest absolute Gasteiger partial charge is 0.466 e. The molecule has 2 fully saturated rings. The van der Waals surface area contributed by atoms with E-state index in [1.54, 1.807) is 113 Å². The summed E-state index contributed by atoms with van der Waals surface area (Å²) in [5.41, 5.74) is -4.99. The molecule has 0 radical (unpaired) electrons. The van der Waals surface area contributed by atoms with Crippen LogP contribution >= 0.6 is 0 Å². The zero-order chi connectivity index (χ0) is 59.9. The van der Waals surface area contributed by atoms with Crippen molar-refractivity contribution in [2.45, 2.75) is 211 Å². The van der Waals surface area contributed by atoms with Gasteiger partial charge in [0, 0.05) is 20.1 Å². The molecule has 1 saturated heterocycles. The molecule has 9 N–H and O–H groups in total. The number of hydrogen-bond acceptors (Lipinski definition) is 20. The Kier molecular flexibility index (Phi) is 21.4. The van der Waals surface area contributed by atoms with Crippen LogP contribution in [0.4, 0.5) is 19.2 Å². The number of hydrogen-bond donors (Lipinski definition) is 9. The van der Waals surface area contributed by atoms with Gasteiger partial charge in [0.25, 0.3) is 11.8 Å². The van der Waals surface area contributed by atoms with Crippen molar-refractivity contribution >= 4 is 42.1 Å². The predicted octanol–water partition coefficient (Wildman–Crippen LogP) is 2.68. The van der Waals surface area contributed by atoms with Crippen LogP contribution in [0.2, 0.25) is 0 Å². The monoisotopic (exact) mass is 1140 g/mol. The Morgan fingerprint density at radius 3 is 1.80 bits per heavy atom. The van der Waals surface area contributed by atoms with Crippen molar-refractivity contribution in [3.05, 3.63) is 47.2 Å². The summed E-state index contributed by atoms with van der Waals surface area (Å²) < 4.78 is 47.4. The van der Waals surface area contributed by atoms with Crippen molar-refractivity contribution in [1.29, 1.82) is 0 Å². The van der Waals surface area contributed by atoms with Crippen LogP contribution in [0.3, 0.4) is 0 Å². The van der Waals surface area contributed by atoms with Crippen LogP contribution in [0.1, 0.15) is 136 Å². The first-order valence-corrected chi connectivity index (χ1v) is 26.9. The van der Waals surface area contributed by atoms with Gasteiger partial charge in [-0.25, -0.2) is 19.2 Å². The molecule has 1 aliphatic carbocycles. The Hall–Kier alpha value is -5.87. The lowest BCUT2D eigenvalue weighted by atomic mass is 9.82. The number of imide groups is 1. The van der Waals surface area contributed by atoms with Gasteiger partial charge in [0.15, 0.2) is 6.29 Å². The molecule has 0 spiro atoms. The molecule has 450 valence electrons. The molecule has 4 aliphatic rings. The van der Waals surface area contributed by atoms with Crippen LogP contribution in [0.5, 0.6) is 0 Å². The number of rotatable bonds is 18. The second-order valence-electron chi connectivity index (χ2n) is 24.6. The minimum absolute atomic E-state index is 0.0802. The van der Waals surface area contributed by atoms with Gasteiger partial charge in [0.2, 0.25) is 12.2 Å². The highest BCUT2D eigenvalue weighted by Gasteiger charge is 2.55. The number of nitrogens with zero attached hydrogens (tertiary/aromatic N) is 2. The highest BCUT2D eigenvalue weighted by molar-refractivity contribution is 6.21. The zero-order valence-electron chi connectivity index (χ0n) is 48.4. The Morgan fingerprint density at radius 2 is 1.25 bits per heavy atom. The molecule has 26 nitrogen and oxygen atoms in total. The summed E-state index contributed by atoms with van der Waals surface area (Å²) in [6, 6.07) is 1.43. The fourth-order valence-electron chi connectivity index (χ4n) is 9.29. The first kappa shape index (κ1) is 64.9. The summed E-state index contributed by atoms with van der Waals surface area (Å²) >= 11 is 0. The van der Waals surface area contributed by atoms with Crippen LogP contribution in [-0.4, -0.2) is 207 Å². The van der Waals surface area contributed by atoms with E-state index >= 15 is 0 Å². The number of benzene rings is 1. The highest BCUT2D eigenvalue weighted by Crippen LogP contribution is 2.35. The molecule has 3 aliphatic heterocycles. The molecule has 1 aromatic rings. The van der Waals surface area contributed by atoms with Crippen molar-refractivity contribution in [3.8, 4) is 0 Å². The number of nitrogens with one attached hydrogen (secondary N) is 5. The van der Waals surface area contributed by atoms with Gasteiger partial charge in [-0.1, -0.05) is 12.1 Å². The summed E-state index contributed by atoms with van der Waals surface area (Å²) in [6.45, 7) is 20.9. The number of fused-ring (bicyclic) bond motifs is 1. The summed E-state index contributed by atoms with van der Waals surface area (Å²) in [4.78, 5) is 94.8. The predicted molar refractivity (Wildman–Crippen MR) is 285 cm³/mol. The van der Waals surface area contributed by atoms with E-state index in [1.165, 1.54) is 18.9 Å². The van der Waals surface area contributed by atoms with Gasteiger partial charge in [-0.05, 0) is 140 Å². The lowest BCUT2D eigenvalue weighted by Gasteiger charge is -2.50. The fourth-order valence-corrected chi connectivity index (χ4v) is 9.29. The number of likely N-dealkylation sites (N-methyl/N-ethyl adjacent to an activating group) is 1. The maximum Gasteiger partial charge on any atom is 0.410 e. The molecule has 80 heavy (non-hydrogen) atoms. The minimum atomic E-state index is -1.94. The van der Waals surface area contributed by atoms with Crippen molar-refractivity contribution in [1.82, 2.24) is 36.4 Å². The van der Waals surface area contributed by atoms with E-state index in [9.17, 15) is 54.0 Å². The first-order valence-electron chi connectivity index (χ1n) is 26.9. The Labute approximate surface area is 467 Å². The fraction of sp³-hybridized carbons (Fsp3) is 0.722. The summed E-state index contributed by atoms with van der Waals surface area (Å²) in [6.07, 6.45) is -14.1. The van der Waals surface area contributed by atoms with Crippen LogP contribution < -0.4 is 26.6 Å². The third-order valence-electron chi connectivity index (χ3n) is 12.7. The maximum absolute atomic E-state index is 13.9. The Bertz CT molecular complexity index is 2360. The zero-order valence-corrected chi connectivity index (χ0v) is 48.4. The van der Waals surface area contributed by atoms with E-state index in [0.29, 0.717) is 29.9 Å². The van der Waals surface area contributed by atoms with Crippen LogP contribution in [0.25, 0.3) is 0 Å². The van der Waals surface area contributed by atoms with E-state index in [-0.39, 0.29) is 50.7 Å². The number of ether oxygens (including phenoxy) is 8. The van der Waals surface area contributed by atoms with Gasteiger partial charge in [-0.3, -0.25) is 19.3 Å². The maximum atomic E-state index is 13.9. The summed E-state index contributed by atoms with van der Waals surface area (Å²) in [5, 5.41) is 61.3. The lowest BCUT2D eigenvalue weighted by Crippen LogP contribution is -2.71. The topological polar surface area (TPSA) is 341 Å². The molecular weight excluding hydrogens is 1050 g/mol.